The van der Waals surface area contributed by atoms with Crippen LogP contribution in [0.1, 0.15) is 0 Å². The van der Waals surface area contributed by atoms with E-state index in [2.05, 4.69) is 4.31 Å². The zero-order valence-corrected chi connectivity index (χ0v) is 5.24. The van der Waals surface area contributed by atoms with Gasteiger partial charge < -0.3 is 0 Å². The van der Waals surface area contributed by atoms with Gasteiger partial charge in [0.25, 0.3) is 0 Å². The molecule has 1 rings (SSSR count). The summed E-state index contributed by atoms with van der Waals surface area (Å²) in [6.45, 7) is 2.19. The molecule has 0 bridgehead atoms. The largest absolute Gasteiger partial charge is 0.272 e. The molecule has 0 aromatic carbocycles. The number of nitrogens with zero attached hydrogens (tertiary/aromatic N) is 1. The normalized spacial score (nSPS) is 25.0. The molecule has 7 heavy (non-hydrogen) atoms. The van der Waals surface area contributed by atoms with Gasteiger partial charge in [-0.05, 0) is 0 Å². The number of nitrogens with two attached hydrogens (primary N) is 2. The minimum absolute atomic E-state index is 1.10. The van der Waals surface area contributed by atoms with Crippen molar-refractivity contribution in [3.63, 3.8) is 0 Å². The van der Waals surface area contributed by atoms with Crippen LogP contribution in [0.5, 0.6) is 0 Å². The van der Waals surface area contributed by atoms with E-state index in [1.54, 1.807) is 0 Å². The molecule has 0 unspecified atom stereocenters. The van der Waals surface area contributed by atoms with Crippen LogP contribution in [0.4, 0.5) is 0 Å². The molecule has 4 heteroatoms. The zero-order valence-electron chi connectivity index (χ0n) is 4.42. The van der Waals surface area contributed by atoms with Crippen molar-refractivity contribution >= 4 is 10.6 Å². The van der Waals surface area contributed by atoms with Crippen LogP contribution in [0.15, 0.2) is 0 Å². The minimum atomic E-state index is -1.30. The quantitative estimate of drug-likeness (QED) is 0.455. The molecular weight excluding hydrogens is 110 g/mol. The van der Waals surface area contributed by atoms with Crippen molar-refractivity contribution in [1.82, 2.24) is 4.31 Å². The first-order chi connectivity index (χ1) is 3.11. The Morgan fingerprint density at radius 3 is 1.86 bits per heavy atom. The topological polar surface area (TPSA) is 55.0 Å². The SMILES string of the molecule is CS(N)(N)N1CC1. The predicted octanol–water partition coefficient (Wildman–Crippen LogP) is -0.601. The van der Waals surface area contributed by atoms with Crippen LogP contribution in [-0.2, 0) is 0 Å². The van der Waals surface area contributed by atoms with E-state index in [0.717, 1.165) is 13.1 Å². The van der Waals surface area contributed by atoms with Crippen LogP contribution in [-0.4, -0.2) is 23.7 Å². The van der Waals surface area contributed by atoms with Gasteiger partial charge >= 0.3 is 0 Å². The fraction of sp³-hybridized carbons (Fsp3) is 1.00. The maximum absolute atomic E-state index is 5.53. The van der Waals surface area contributed by atoms with E-state index in [1.807, 2.05) is 6.26 Å². The van der Waals surface area contributed by atoms with E-state index in [9.17, 15) is 0 Å². The summed E-state index contributed by atoms with van der Waals surface area (Å²) in [5, 5.41) is 11.1. The lowest BCUT2D eigenvalue weighted by molar-refractivity contribution is 0.919. The second kappa shape index (κ2) is 1.35. The van der Waals surface area contributed by atoms with Gasteiger partial charge in [-0.15, -0.1) is 0 Å². The van der Waals surface area contributed by atoms with Crippen LogP contribution >= 0.6 is 10.6 Å². The molecular formula is C3H11N3S. The molecule has 0 atom stereocenters. The lowest BCUT2D eigenvalue weighted by atomic mass is 11.0. The first-order valence-corrected chi connectivity index (χ1v) is 4.32. The van der Waals surface area contributed by atoms with Gasteiger partial charge in [-0.25, -0.2) is 4.31 Å². The summed E-state index contributed by atoms with van der Waals surface area (Å²) >= 11 is 0. The summed E-state index contributed by atoms with van der Waals surface area (Å²) in [7, 11) is -1.30. The van der Waals surface area contributed by atoms with Crippen molar-refractivity contribution < 1.29 is 0 Å². The van der Waals surface area contributed by atoms with Crippen molar-refractivity contribution in [2.45, 2.75) is 0 Å². The third-order valence-corrected chi connectivity index (χ3v) is 2.44. The maximum Gasteiger partial charge on any atom is 0.0234 e. The highest BCUT2D eigenvalue weighted by Crippen LogP contribution is 2.36. The second-order valence-electron chi connectivity index (χ2n) is 1.93. The molecule has 0 aromatic heterocycles. The summed E-state index contributed by atoms with van der Waals surface area (Å²) in [6.07, 6.45) is 1.89. The molecule has 1 saturated heterocycles. The predicted molar refractivity (Wildman–Crippen MR) is 33.5 cm³/mol. The van der Waals surface area contributed by atoms with Crippen molar-refractivity contribution in [2.24, 2.45) is 10.3 Å². The van der Waals surface area contributed by atoms with Crippen molar-refractivity contribution in [3.05, 3.63) is 0 Å². The Bertz CT molecular complexity index is 72.7. The van der Waals surface area contributed by atoms with Gasteiger partial charge in [-0.2, -0.15) is 0 Å². The summed E-state index contributed by atoms with van der Waals surface area (Å²) in [4.78, 5) is 0. The van der Waals surface area contributed by atoms with Crippen LogP contribution in [0.25, 0.3) is 0 Å². The molecule has 1 aliphatic heterocycles. The van der Waals surface area contributed by atoms with E-state index in [1.165, 1.54) is 0 Å². The van der Waals surface area contributed by atoms with Gasteiger partial charge in [0, 0.05) is 19.3 Å². The molecule has 1 heterocycles. The molecule has 0 saturated carbocycles. The minimum Gasteiger partial charge on any atom is -0.272 e. The van der Waals surface area contributed by atoms with E-state index in [0.29, 0.717) is 0 Å². The third kappa shape index (κ3) is 1.31. The third-order valence-electron chi connectivity index (χ3n) is 0.963. The average molecular weight is 121 g/mol. The molecule has 1 aliphatic rings. The van der Waals surface area contributed by atoms with Gasteiger partial charge in [0.15, 0.2) is 0 Å². The Kier molecular flexibility index (Phi) is 1.04. The summed E-state index contributed by atoms with van der Waals surface area (Å²) in [5.74, 6) is 0. The molecule has 0 aromatic rings. The summed E-state index contributed by atoms with van der Waals surface area (Å²) in [5.41, 5.74) is 0. The molecule has 0 aliphatic carbocycles. The highest BCUT2D eigenvalue weighted by molar-refractivity contribution is 8.27. The van der Waals surface area contributed by atoms with Crippen LogP contribution < -0.4 is 10.3 Å². The average Bonchev–Trinajstić information content (AvgIpc) is 1.99. The van der Waals surface area contributed by atoms with Gasteiger partial charge in [0.1, 0.15) is 0 Å². The van der Waals surface area contributed by atoms with Crippen molar-refractivity contribution in [1.29, 1.82) is 0 Å². The monoisotopic (exact) mass is 121 g/mol. The van der Waals surface area contributed by atoms with Crippen molar-refractivity contribution in [3.8, 4) is 0 Å². The van der Waals surface area contributed by atoms with Gasteiger partial charge in [-0.3, -0.25) is 10.3 Å². The first kappa shape index (κ1) is 5.37. The van der Waals surface area contributed by atoms with Crippen molar-refractivity contribution in [2.75, 3.05) is 19.3 Å². The molecule has 0 amide bonds. The summed E-state index contributed by atoms with van der Waals surface area (Å²) in [6, 6.07) is 0. The van der Waals surface area contributed by atoms with Crippen LogP contribution in [0, 0.1) is 0 Å². The van der Waals surface area contributed by atoms with E-state index in [-0.39, 0.29) is 0 Å². The van der Waals surface area contributed by atoms with Gasteiger partial charge in [0.2, 0.25) is 0 Å². The Hall–Kier alpha value is 0.230. The lowest BCUT2D eigenvalue weighted by Gasteiger charge is -2.25. The van der Waals surface area contributed by atoms with E-state index in [4.69, 9.17) is 10.3 Å². The Balaban J connectivity index is 2.36. The fourth-order valence-corrected chi connectivity index (χ4v) is 1.30. The number of hydrogen-bond acceptors (Lipinski definition) is 3. The Labute approximate surface area is 45.4 Å². The highest BCUT2D eigenvalue weighted by atomic mass is 32.3. The summed E-state index contributed by atoms with van der Waals surface area (Å²) < 4.78 is 2.08. The van der Waals surface area contributed by atoms with Gasteiger partial charge in [-0.1, -0.05) is 10.6 Å². The lowest BCUT2D eigenvalue weighted by Crippen LogP contribution is -2.25. The molecule has 3 nitrogen and oxygen atoms in total. The number of rotatable bonds is 1. The molecule has 0 radical (unpaired) electrons. The molecule has 0 spiro atoms. The Morgan fingerprint density at radius 2 is 1.86 bits per heavy atom. The van der Waals surface area contributed by atoms with Crippen LogP contribution in [0.3, 0.4) is 0 Å². The second-order valence-corrected chi connectivity index (χ2v) is 4.45. The highest BCUT2D eigenvalue weighted by Gasteiger charge is 2.27. The molecule has 44 valence electrons. The van der Waals surface area contributed by atoms with Gasteiger partial charge in [0.05, 0.1) is 0 Å². The first-order valence-electron chi connectivity index (χ1n) is 2.19. The van der Waals surface area contributed by atoms with E-state index >= 15 is 0 Å². The number of hydrogen-bond donors (Lipinski definition) is 2. The fourth-order valence-electron chi connectivity index (χ4n) is 0.434. The van der Waals surface area contributed by atoms with Crippen LogP contribution in [0.2, 0.25) is 0 Å². The smallest absolute Gasteiger partial charge is 0.0234 e. The zero-order chi connectivity index (χ0) is 5.49. The van der Waals surface area contributed by atoms with E-state index < -0.39 is 10.6 Å². The maximum atomic E-state index is 5.53. The Morgan fingerprint density at radius 1 is 1.43 bits per heavy atom. The molecule has 1 fully saturated rings. The standard InChI is InChI=1S/C3H11N3S/c1-7(4,5)6-2-3-6/h2-5H2,1H3. The molecule has 4 N–H and O–H groups in total.